The maximum absolute atomic E-state index is 12.3. The fraction of sp³-hybridized carbons (Fsp3) is 0.667. The van der Waals surface area contributed by atoms with Crippen molar-refractivity contribution in [1.82, 2.24) is 5.32 Å². The Balaban J connectivity index is 2.12. The van der Waals surface area contributed by atoms with Gasteiger partial charge in [-0.1, -0.05) is 0 Å². The summed E-state index contributed by atoms with van der Waals surface area (Å²) in [6.45, 7) is 6.78. The summed E-state index contributed by atoms with van der Waals surface area (Å²) in [6.07, 6.45) is 3.53. The molecule has 1 unspecified atom stereocenters. The molecule has 0 radical (unpaired) electrons. The van der Waals surface area contributed by atoms with Gasteiger partial charge in [0.25, 0.3) is 5.91 Å². The zero-order valence-corrected chi connectivity index (χ0v) is 13.4. The monoisotopic (exact) mass is 296 g/mol. The zero-order valence-electron chi connectivity index (χ0n) is 12.6. The zero-order chi connectivity index (χ0) is 14.5. The Kier molecular flexibility index (Phi) is 5.43. The fourth-order valence-corrected chi connectivity index (χ4v) is 3.79. The minimum Gasteiger partial charge on any atom is -0.383 e. The van der Waals surface area contributed by atoms with E-state index in [2.05, 4.69) is 23.2 Å². The van der Waals surface area contributed by atoms with Crippen molar-refractivity contribution < 1.29 is 9.53 Å². The van der Waals surface area contributed by atoms with Crippen molar-refractivity contribution in [1.29, 1.82) is 0 Å². The van der Waals surface area contributed by atoms with Gasteiger partial charge in [0.1, 0.15) is 0 Å². The Morgan fingerprint density at radius 2 is 2.35 bits per heavy atom. The van der Waals surface area contributed by atoms with Crippen molar-refractivity contribution >= 4 is 22.2 Å². The van der Waals surface area contributed by atoms with Crippen molar-refractivity contribution in [2.75, 3.05) is 31.7 Å². The van der Waals surface area contributed by atoms with Gasteiger partial charge in [-0.2, -0.15) is 0 Å². The molecule has 0 saturated carbocycles. The molecule has 0 spiro atoms. The summed E-state index contributed by atoms with van der Waals surface area (Å²) >= 11 is 1.62. The molecule has 0 bridgehead atoms. The molecule has 20 heavy (non-hydrogen) atoms. The Morgan fingerprint density at radius 1 is 1.55 bits per heavy atom. The Morgan fingerprint density at radius 3 is 3.05 bits per heavy atom. The Bertz CT molecular complexity index is 459. The molecule has 1 N–H and O–H groups in total. The summed E-state index contributed by atoms with van der Waals surface area (Å²) in [5.74, 6) is 0.0173. The van der Waals surface area contributed by atoms with Crippen molar-refractivity contribution in [3.63, 3.8) is 0 Å². The van der Waals surface area contributed by atoms with Crippen LogP contribution in [0, 0.1) is 0 Å². The van der Waals surface area contributed by atoms with Gasteiger partial charge >= 0.3 is 0 Å². The van der Waals surface area contributed by atoms with Gasteiger partial charge in [0.05, 0.1) is 16.5 Å². The second-order valence-corrected chi connectivity index (χ2v) is 6.34. The highest BCUT2D eigenvalue weighted by atomic mass is 32.1. The van der Waals surface area contributed by atoms with Crippen LogP contribution < -0.4 is 10.2 Å². The van der Waals surface area contributed by atoms with Gasteiger partial charge in [0.15, 0.2) is 0 Å². The summed E-state index contributed by atoms with van der Waals surface area (Å²) in [4.78, 5) is 15.5. The molecule has 1 atom stereocenters. The summed E-state index contributed by atoms with van der Waals surface area (Å²) in [6, 6.07) is 2.11. The largest absolute Gasteiger partial charge is 0.383 e. The van der Waals surface area contributed by atoms with Crippen LogP contribution in [0.3, 0.4) is 0 Å². The van der Waals surface area contributed by atoms with Crippen LogP contribution in [0.5, 0.6) is 0 Å². The van der Waals surface area contributed by atoms with Crippen molar-refractivity contribution in [3.8, 4) is 0 Å². The van der Waals surface area contributed by atoms with Gasteiger partial charge in [-0.15, -0.1) is 11.3 Å². The number of nitrogens with zero attached hydrogens (tertiary/aromatic N) is 1. The average Bonchev–Trinajstić information content (AvgIpc) is 2.74. The second kappa shape index (κ2) is 7.09. The molecule has 112 valence electrons. The molecule has 2 rings (SSSR count). The number of rotatable bonds is 5. The molecule has 1 aromatic heterocycles. The molecular formula is C15H24N2O2S. The van der Waals surface area contributed by atoms with Crippen LogP contribution in [0.15, 0.2) is 6.07 Å². The SMILES string of the molecule is CCN1CCCCc2cc(C(=O)NC(C)COC)sc21. The van der Waals surface area contributed by atoms with E-state index < -0.39 is 0 Å². The van der Waals surface area contributed by atoms with E-state index in [0.29, 0.717) is 6.61 Å². The van der Waals surface area contributed by atoms with E-state index in [1.807, 2.05) is 6.92 Å². The lowest BCUT2D eigenvalue weighted by atomic mass is 10.1. The van der Waals surface area contributed by atoms with Crippen LogP contribution in [-0.2, 0) is 11.2 Å². The number of hydrogen-bond donors (Lipinski definition) is 1. The number of carbonyl (C=O) groups excluding carboxylic acids is 1. The van der Waals surface area contributed by atoms with Gasteiger partial charge < -0.3 is 15.0 Å². The van der Waals surface area contributed by atoms with Crippen LogP contribution in [0.25, 0.3) is 0 Å². The van der Waals surface area contributed by atoms with E-state index in [-0.39, 0.29) is 11.9 Å². The van der Waals surface area contributed by atoms with Crippen LogP contribution in [-0.4, -0.2) is 38.8 Å². The van der Waals surface area contributed by atoms with Crippen molar-refractivity contribution in [3.05, 3.63) is 16.5 Å². The number of amides is 1. The Labute approximate surface area is 125 Å². The third kappa shape index (κ3) is 3.52. The number of fused-ring (bicyclic) bond motifs is 1. The number of nitrogens with one attached hydrogen (secondary N) is 1. The highest BCUT2D eigenvalue weighted by Gasteiger charge is 2.21. The van der Waals surface area contributed by atoms with Crippen LogP contribution in [0.1, 0.15) is 41.9 Å². The highest BCUT2D eigenvalue weighted by Crippen LogP contribution is 2.35. The highest BCUT2D eigenvalue weighted by molar-refractivity contribution is 7.18. The first-order valence-corrected chi connectivity index (χ1v) is 8.14. The predicted octanol–water partition coefficient (Wildman–Crippen LogP) is 2.68. The number of carbonyl (C=O) groups is 1. The summed E-state index contributed by atoms with van der Waals surface area (Å²) < 4.78 is 5.05. The molecule has 0 fully saturated rings. The molecule has 4 nitrogen and oxygen atoms in total. The molecule has 2 heterocycles. The van der Waals surface area contributed by atoms with Crippen LogP contribution >= 0.6 is 11.3 Å². The van der Waals surface area contributed by atoms with Crippen molar-refractivity contribution in [2.45, 2.75) is 39.2 Å². The third-order valence-electron chi connectivity index (χ3n) is 3.60. The lowest BCUT2D eigenvalue weighted by Crippen LogP contribution is -2.35. The van der Waals surface area contributed by atoms with Gasteiger partial charge in [-0.05, 0) is 44.7 Å². The molecular weight excluding hydrogens is 272 g/mol. The molecule has 0 aromatic carbocycles. The number of thiophene rings is 1. The van der Waals surface area contributed by atoms with E-state index in [0.717, 1.165) is 24.4 Å². The average molecular weight is 296 g/mol. The Hall–Kier alpha value is -1.07. The van der Waals surface area contributed by atoms with Gasteiger partial charge in [0, 0.05) is 26.2 Å². The number of anilines is 1. The third-order valence-corrected chi connectivity index (χ3v) is 4.83. The van der Waals surface area contributed by atoms with E-state index in [1.165, 1.54) is 23.4 Å². The first kappa shape index (κ1) is 15.3. The first-order valence-electron chi connectivity index (χ1n) is 7.33. The maximum atomic E-state index is 12.3. The molecule has 0 saturated heterocycles. The predicted molar refractivity (Wildman–Crippen MR) is 83.9 cm³/mol. The maximum Gasteiger partial charge on any atom is 0.261 e. The minimum absolute atomic E-state index is 0.0173. The number of ether oxygens (including phenoxy) is 1. The molecule has 1 amide bonds. The quantitative estimate of drug-likeness (QED) is 0.908. The number of aryl methyl sites for hydroxylation is 1. The van der Waals surface area contributed by atoms with E-state index in [9.17, 15) is 4.79 Å². The molecule has 5 heteroatoms. The van der Waals surface area contributed by atoms with E-state index in [4.69, 9.17) is 4.74 Å². The lowest BCUT2D eigenvalue weighted by Gasteiger charge is -2.20. The summed E-state index contributed by atoms with van der Waals surface area (Å²) in [5.41, 5.74) is 1.33. The molecule has 1 aromatic rings. The van der Waals surface area contributed by atoms with Crippen molar-refractivity contribution in [2.24, 2.45) is 0 Å². The number of hydrogen-bond acceptors (Lipinski definition) is 4. The lowest BCUT2D eigenvalue weighted by molar-refractivity contribution is 0.0909. The standard InChI is InChI=1S/C15H24N2O2S/c1-4-17-8-6-5-7-12-9-13(20-15(12)17)14(18)16-11(2)10-19-3/h9,11H,4-8,10H2,1-3H3,(H,16,18). The number of methoxy groups -OCH3 is 1. The van der Waals surface area contributed by atoms with E-state index in [1.54, 1.807) is 18.4 Å². The van der Waals surface area contributed by atoms with E-state index >= 15 is 0 Å². The summed E-state index contributed by atoms with van der Waals surface area (Å²) in [7, 11) is 1.65. The summed E-state index contributed by atoms with van der Waals surface area (Å²) in [5, 5.41) is 4.27. The van der Waals surface area contributed by atoms with Crippen LogP contribution in [0.2, 0.25) is 0 Å². The molecule has 1 aliphatic heterocycles. The van der Waals surface area contributed by atoms with Gasteiger partial charge in [-0.25, -0.2) is 0 Å². The smallest absolute Gasteiger partial charge is 0.261 e. The van der Waals surface area contributed by atoms with Gasteiger partial charge in [-0.3, -0.25) is 4.79 Å². The normalized spacial score (nSPS) is 16.4. The first-order chi connectivity index (χ1) is 9.65. The molecule has 0 aliphatic carbocycles. The van der Waals surface area contributed by atoms with Crippen LogP contribution in [0.4, 0.5) is 5.00 Å². The minimum atomic E-state index is 0.0173. The fourth-order valence-electron chi connectivity index (χ4n) is 2.59. The molecule has 1 aliphatic rings. The topological polar surface area (TPSA) is 41.6 Å². The van der Waals surface area contributed by atoms with Gasteiger partial charge in [0.2, 0.25) is 0 Å². The second-order valence-electron chi connectivity index (χ2n) is 5.31.